The smallest absolute Gasteiger partial charge is 0.258 e. The molecule has 3 rings (SSSR count). The zero-order chi connectivity index (χ0) is 15.0. The highest BCUT2D eigenvalue weighted by Gasteiger charge is 2.17. The maximum atomic E-state index is 11.3. The predicted octanol–water partition coefficient (Wildman–Crippen LogP) is 5.49. The number of hydrogen-bond acceptors (Lipinski definition) is 2. The zero-order valence-corrected chi connectivity index (χ0v) is 12.9. The molecule has 0 atom stereocenters. The van der Waals surface area contributed by atoms with Gasteiger partial charge in [-0.2, -0.15) is 0 Å². The summed E-state index contributed by atoms with van der Waals surface area (Å²) in [6.45, 7) is 1.86. The second-order valence-electron chi connectivity index (χ2n) is 4.92. The molecule has 0 fully saturated rings. The quantitative estimate of drug-likeness (QED) is 0.457. The highest BCUT2D eigenvalue weighted by Crippen LogP contribution is 2.37. The Labute approximate surface area is 130 Å². The first kappa shape index (κ1) is 13.8. The van der Waals surface area contributed by atoms with Crippen molar-refractivity contribution in [3.8, 4) is 11.1 Å². The molecule has 21 heavy (non-hydrogen) atoms. The number of aryl methyl sites for hydroxylation is 1. The van der Waals surface area contributed by atoms with Crippen LogP contribution < -0.4 is 0 Å². The summed E-state index contributed by atoms with van der Waals surface area (Å²) in [5.74, 6) is 0. The Balaban J connectivity index is 2.36. The molecule has 0 heterocycles. The minimum Gasteiger partial charge on any atom is -0.258 e. The van der Waals surface area contributed by atoms with Crippen LogP contribution in [0.2, 0.25) is 0 Å². The molecule has 3 aromatic rings. The monoisotopic (exact) mass is 341 g/mol. The Kier molecular flexibility index (Phi) is 3.47. The van der Waals surface area contributed by atoms with Gasteiger partial charge in [-0.25, -0.2) is 0 Å². The molecular formula is C17H12BrNO2. The minimum atomic E-state index is -0.320. The first-order chi connectivity index (χ1) is 10.1. The van der Waals surface area contributed by atoms with Gasteiger partial charge < -0.3 is 0 Å². The maximum Gasteiger partial charge on any atom is 0.277 e. The molecule has 0 N–H and O–H groups in total. The number of benzene rings is 3. The third-order valence-electron chi connectivity index (χ3n) is 3.51. The third-order valence-corrected chi connectivity index (χ3v) is 4.20. The average molecular weight is 342 g/mol. The lowest BCUT2D eigenvalue weighted by atomic mass is 9.96. The Bertz CT molecular complexity index is 859. The lowest BCUT2D eigenvalue weighted by Gasteiger charge is -2.09. The number of fused-ring (bicyclic) bond motifs is 1. The molecule has 0 radical (unpaired) electrons. The van der Waals surface area contributed by atoms with Crippen LogP contribution in [0.4, 0.5) is 5.69 Å². The van der Waals surface area contributed by atoms with Gasteiger partial charge in [0, 0.05) is 10.5 Å². The fourth-order valence-electron chi connectivity index (χ4n) is 2.52. The number of hydrogen-bond donors (Lipinski definition) is 0. The van der Waals surface area contributed by atoms with Crippen molar-refractivity contribution in [3.05, 3.63) is 74.7 Å². The van der Waals surface area contributed by atoms with Gasteiger partial charge in [0.1, 0.15) is 0 Å². The summed E-state index contributed by atoms with van der Waals surface area (Å²) in [5.41, 5.74) is 2.55. The lowest BCUT2D eigenvalue weighted by Crippen LogP contribution is -1.93. The van der Waals surface area contributed by atoms with Gasteiger partial charge in [-0.05, 0) is 41.0 Å². The summed E-state index contributed by atoms with van der Waals surface area (Å²) in [6.07, 6.45) is 0. The molecule has 3 nitrogen and oxygen atoms in total. The van der Waals surface area contributed by atoms with Gasteiger partial charge >= 0.3 is 0 Å². The Hall–Kier alpha value is -2.20. The summed E-state index contributed by atoms with van der Waals surface area (Å²) in [4.78, 5) is 11.0. The van der Waals surface area contributed by atoms with E-state index in [4.69, 9.17) is 0 Å². The first-order valence-electron chi connectivity index (χ1n) is 6.50. The van der Waals surface area contributed by atoms with Gasteiger partial charge in [0.15, 0.2) is 0 Å². The second kappa shape index (κ2) is 5.30. The van der Waals surface area contributed by atoms with Crippen molar-refractivity contribution in [2.75, 3.05) is 0 Å². The topological polar surface area (TPSA) is 43.1 Å². The summed E-state index contributed by atoms with van der Waals surface area (Å²) < 4.78 is 0.983. The van der Waals surface area contributed by atoms with Crippen LogP contribution in [-0.4, -0.2) is 4.92 Å². The van der Waals surface area contributed by atoms with E-state index in [0.717, 1.165) is 26.4 Å². The van der Waals surface area contributed by atoms with Crippen LogP contribution >= 0.6 is 15.9 Å². The normalized spacial score (nSPS) is 10.8. The molecule has 0 aliphatic carbocycles. The van der Waals surface area contributed by atoms with Gasteiger partial charge in [0.2, 0.25) is 0 Å². The molecule has 4 heteroatoms. The van der Waals surface area contributed by atoms with Crippen molar-refractivity contribution in [3.63, 3.8) is 0 Å². The maximum absolute atomic E-state index is 11.3. The standard InChI is InChI=1S/C17H12BrNO2/c1-11-6-7-15(17(10-11)19(20)21)13-8-9-16(18)14-5-3-2-4-12(13)14/h2-10H,1H3. The number of rotatable bonds is 2. The van der Waals surface area contributed by atoms with Gasteiger partial charge in [-0.15, -0.1) is 0 Å². The Morgan fingerprint density at radius 1 is 0.952 bits per heavy atom. The number of nitrogens with zero attached hydrogens (tertiary/aromatic N) is 1. The molecule has 0 amide bonds. The fourth-order valence-corrected chi connectivity index (χ4v) is 3.00. The van der Waals surface area contributed by atoms with E-state index in [9.17, 15) is 10.1 Å². The zero-order valence-electron chi connectivity index (χ0n) is 11.3. The van der Waals surface area contributed by atoms with Crippen LogP contribution in [0.25, 0.3) is 21.9 Å². The molecule has 0 spiro atoms. The third kappa shape index (κ3) is 2.43. The van der Waals surface area contributed by atoms with Crippen molar-refractivity contribution in [2.24, 2.45) is 0 Å². The minimum absolute atomic E-state index is 0.141. The Morgan fingerprint density at radius 2 is 1.62 bits per heavy atom. The van der Waals surface area contributed by atoms with E-state index < -0.39 is 0 Å². The highest BCUT2D eigenvalue weighted by molar-refractivity contribution is 9.10. The number of halogens is 1. The molecule has 0 aromatic heterocycles. The second-order valence-corrected chi connectivity index (χ2v) is 5.77. The largest absolute Gasteiger partial charge is 0.277 e. The molecule has 3 aromatic carbocycles. The van der Waals surface area contributed by atoms with Crippen LogP contribution in [0.5, 0.6) is 0 Å². The van der Waals surface area contributed by atoms with E-state index >= 15 is 0 Å². The van der Waals surface area contributed by atoms with E-state index in [1.807, 2.05) is 55.5 Å². The van der Waals surface area contributed by atoms with Crippen molar-refractivity contribution in [1.29, 1.82) is 0 Å². The van der Waals surface area contributed by atoms with E-state index in [2.05, 4.69) is 15.9 Å². The SMILES string of the molecule is Cc1ccc(-c2ccc(Br)c3ccccc23)c([N+](=O)[O-])c1. The van der Waals surface area contributed by atoms with Crippen molar-refractivity contribution in [1.82, 2.24) is 0 Å². The van der Waals surface area contributed by atoms with Gasteiger partial charge in [-0.1, -0.05) is 52.3 Å². The van der Waals surface area contributed by atoms with E-state index in [1.54, 1.807) is 6.07 Å². The van der Waals surface area contributed by atoms with Crippen molar-refractivity contribution < 1.29 is 4.92 Å². The molecule has 0 saturated carbocycles. The summed E-state index contributed by atoms with van der Waals surface area (Å²) in [5, 5.41) is 13.4. The first-order valence-corrected chi connectivity index (χ1v) is 7.30. The lowest BCUT2D eigenvalue weighted by molar-refractivity contribution is -0.384. The molecule has 0 aliphatic rings. The van der Waals surface area contributed by atoms with Crippen LogP contribution in [0.3, 0.4) is 0 Å². The molecular weight excluding hydrogens is 330 g/mol. The molecule has 0 aliphatic heterocycles. The predicted molar refractivity (Wildman–Crippen MR) is 88.5 cm³/mol. The summed E-state index contributed by atoms with van der Waals surface area (Å²) in [7, 11) is 0. The number of nitro benzene ring substituents is 1. The molecule has 0 bridgehead atoms. The Morgan fingerprint density at radius 3 is 2.33 bits per heavy atom. The van der Waals surface area contributed by atoms with Crippen LogP contribution in [0, 0.1) is 17.0 Å². The van der Waals surface area contributed by atoms with Crippen LogP contribution in [0.15, 0.2) is 59.1 Å². The van der Waals surface area contributed by atoms with E-state index in [-0.39, 0.29) is 10.6 Å². The van der Waals surface area contributed by atoms with Crippen molar-refractivity contribution >= 4 is 32.4 Å². The van der Waals surface area contributed by atoms with E-state index in [0.29, 0.717) is 5.56 Å². The molecule has 104 valence electrons. The average Bonchev–Trinajstić information content (AvgIpc) is 2.48. The van der Waals surface area contributed by atoms with Crippen LogP contribution in [-0.2, 0) is 0 Å². The van der Waals surface area contributed by atoms with Gasteiger partial charge in [-0.3, -0.25) is 10.1 Å². The molecule has 0 saturated heterocycles. The fraction of sp³-hybridized carbons (Fsp3) is 0.0588. The van der Waals surface area contributed by atoms with Gasteiger partial charge in [0.25, 0.3) is 5.69 Å². The van der Waals surface area contributed by atoms with E-state index in [1.165, 1.54) is 0 Å². The summed E-state index contributed by atoms with van der Waals surface area (Å²) >= 11 is 3.53. The van der Waals surface area contributed by atoms with Crippen molar-refractivity contribution in [2.45, 2.75) is 6.92 Å². The number of nitro groups is 1. The van der Waals surface area contributed by atoms with Gasteiger partial charge in [0.05, 0.1) is 10.5 Å². The summed E-state index contributed by atoms with van der Waals surface area (Å²) in [6, 6.07) is 17.1. The molecule has 0 unspecified atom stereocenters. The van der Waals surface area contributed by atoms with Crippen LogP contribution in [0.1, 0.15) is 5.56 Å². The highest BCUT2D eigenvalue weighted by atomic mass is 79.9.